The van der Waals surface area contributed by atoms with E-state index in [2.05, 4.69) is 27.0 Å². The van der Waals surface area contributed by atoms with E-state index in [-0.39, 0.29) is 29.7 Å². The number of halogens is 2. The number of nitrogens with zero attached hydrogens (tertiary/aromatic N) is 4. The molecule has 0 unspecified atom stereocenters. The third-order valence-electron chi connectivity index (χ3n) is 13.0. The first-order valence-electron chi connectivity index (χ1n) is 21.3. The lowest BCUT2D eigenvalue weighted by atomic mass is 9.59. The van der Waals surface area contributed by atoms with Crippen molar-refractivity contribution in [2.75, 3.05) is 57.4 Å². The standard InChI is InChI=1S/C46H48ClFN6O8S/c47-34-6-2-30(3-7-34)39-26-46(12-1-13-46)14-10-33(39)28-52-16-18-53(19-17-52)42-25-43(62-36-22-32-11-15-49-44(32)50-27-36)38(24-40(42)48)45(55)51-63(58,59)37-9-5-31(41(23-37)54(56)57)4-8-35-29-60-20-21-61-35/h2-3,5-7,9,11,15,22-25,27,35H,1,4,8,10,12-14,16-21,26,28-29H2,(H,49,50)(H,51,55)/t35-/m0/s1. The van der Waals surface area contributed by atoms with Gasteiger partial charge in [-0.1, -0.05) is 41.8 Å². The van der Waals surface area contributed by atoms with Gasteiger partial charge in [0.2, 0.25) is 0 Å². The number of benzene rings is 3. The number of nitrogens with one attached hydrogen (secondary N) is 2. The minimum absolute atomic E-state index is 0.0988. The molecule has 17 heteroatoms. The lowest BCUT2D eigenvalue weighted by Gasteiger charge is -2.47. The number of hydrogen-bond acceptors (Lipinski definition) is 11. The van der Waals surface area contributed by atoms with Crippen LogP contribution in [0, 0.1) is 21.3 Å². The van der Waals surface area contributed by atoms with E-state index in [1.54, 1.807) is 18.3 Å². The topological polar surface area (TPSA) is 169 Å². The van der Waals surface area contributed by atoms with E-state index in [0.717, 1.165) is 36.9 Å². The molecule has 14 nitrogen and oxygen atoms in total. The molecule has 330 valence electrons. The van der Waals surface area contributed by atoms with Crippen LogP contribution in [0.15, 0.2) is 89.6 Å². The highest BCUT2D eigenvalue weighted by Gasteiger charge is 2.41. The Morgan fingerprint density at radius 2 is 1.86 bits per heavy atom. The van der Waals surface area contributed by atoms with Crippen molar-refractivity contribution >= 4 is 55.5 Å². The van der Waals surface area contributed by atoms with Gasteiger partial charge in [-0.2, -0.15) is 0 Å². The maximum Gasteiger partial charge on any atom is 0.273 e. The van der Waals surface area contributed by atoms with E-state index in [1.165, 1.54) is 66.8 Å². The molecule has 63 heavy (non-hydrogen) atoms. The molecule has 0 radical (unpaired) electrons. The Bertz CT molecular complexity index is 2670. The Morgan fingerprint density at radius 3 is 2.59 bits per heavy atom. The molecule has 2 aliphatic carbocycles. The first-order valence-corrected chi connectivity index (χ1v) is 23.2. The number of H-pyrrole nitrogens is 1. The lowest BCUT2D eigenvalue weighted by Crippen LogP contribution is -2.47. The van der Waals surface area contributed by atoms with Gasteiger partial charge < -0.3 is 24.1 Å². The first-order chi connectivity index (χ1) is 30.4. The van der Waals surface area contributed by atoms with Gasteiger partial charge in [-0.05, 0) is 97.9 Å². The SMILES string of the molecule is O=C(NS(=O)(=O)c1ccc(CC[C@H]2COCCO2)c([N+](=O)[O-])c1)c1cc(F)c(N2CCN(CC3=C(c4ccc(Cl)cc4)CC4(CCC4)CC3)CC2)cc1Oc1cnc2[nH]ccc2c1. The number of allylic oxidation sites excluding steroid dienone is 1. The second kappa shape index (κ2) is 18.0. The number of piperazine rings is 1. The molecule has 1 amide bonds. The molecular formula is C46H48ClFN6O8S. The average molecular weight is 899 g/mol. The summed E-state index contributed by atoms with van der Waals surface area (Å²) in [6.45, 7) is 4.40. The predicted octanol–water partition coefficient (Wildman–Crippen LogP) is 8.45. The van der Waals surface area contributed by atoms with Gasteiger partial charge in [-0.3, -0.25) is 19.8 Å². The monoisotopic (exact) mass is 898 g/mol. The Labute approximate surface area is 369 Å². The van der Waals surface area contributed by atoms with E-state index >= 15 is 4.39 Å². The number of aromatic nitrogens is 2. The largest absolute Gasteiger partial charge is 0.455 e. The fourth-order valence-electron chi connectivity index (χ4n) is 9.30. The zero-order valence-electron chi connectivity index (χ0n) is 34.6. The van der Waals surface area contributed by atoms with E-state index in [9.17, 15) is 23.3 Å². The van der Waals surface area contributed by atoms with Crippen LogP contribution in [-0.2, 0) is 25.9 Å². The molecule has 3 aromatic carbocycles. The van der Waals surface area contributed by atoms with Gasteiger partial charge in [0.1, 0.15) is 23.0 Å². The molecule has 3 fully saturated rings. The van der Waals surface area contributed by atoms with E-state index in [0.29, 0.717) is 74.1 Å². The van der Waals surface area contributed by atoms with Crippen molar-refractivity contribution in [3.05, 3.63) is 122 Å². The number of nitro benzene ring substituents is 1. The number of sulfonamides is 1. The van der Waals surface area contributed by atoms with Gasteiger partial charge in [-0.15, -0.1) is 0 Å². The summed E-state index contributed by atoms with van der Waals surface area (Å²) in [5.41, 5.74) is 4.77. The first kappa shape index (κ1) is 42.9. The number of amides is 1. The number of nitro groups is 1. The smallest absolute Gasteiger partial charge is 0.273 e. The van der Waals surface area contributed by atoms with Crippen molar-refractivity contribution in [3.63, 3.8) is 0 Å². The molecule has 2 saturated heterocycles. The number of rotatable bonds is 13. The minimum atomic E-state index is -4.69. The number of fused-ring (bicyclic) bond motifs is 1. The molecule has 1 atom stereocenters. The Hall–Kier alpha value is -5.39. The summed E-state index contributed by atoms with van der Waals surface area (Å²) in [5.74, 6) is -1.79. The Morgan fingerprint density at radius 1 is 1.05 bits per heavy atom. The molecule has 5 aromatic rings. The number of carbonyl (C=O) groups excluding carboxylic acids is 1. The fourth-order valence-corrected chi connectivity index (χ4v) is 10.4. The summed E-state index contributed by atoms with van der Waals surface area (Å²) in [6, 6.07) is 17.5. The van der Waals surface area contributed by atoms with Crippen LogP contribution in [0.2, 0.25) is 5.02 Å². The molecule has 2 aromatic heterocycles. The number of ether oxygens (including phenoxy) is 3. The Balaban J connectivity index is 0.944. The lowest BCUT2D eigenvalue weighted by molar-refractivity contribution is -0.385. The molecule has 2 aliphatic heterocycles. The van der Waals surface area contributed by atoms with Crippen LogP contribution in [0.3, 0.4) is 0 Å². The molecule has 1 spiro atoms. The average Bonchev–Trinajstić information content (AvgIpc) is 3.75. The van der Waals surface area contributed by atoms with E-state index in [4.69, 9.17) is 25.8 Å². The summed E-state index contributed by atoms with van der Waals surface area (Å²) in [4.78, 5) is 36.5. The molecule has 4 heterocycles. The summed E-state index contributed by atoms with van der Waals surface area (Å²) in [6.07, 6.45) is 10.7. The molecule has 0 bridgehead atoms. The minimum Gasteiger partial charge on any atom is -0.455 e. The summed E-state index contributed by atoms with van der Waals surface area (Å²) < 4.78 is 62.9. The third kappa shape index (κ3) is 9.46. The maximum absolute atomic E-state index is 16.3. The van der Waals surface area contributed by atoms with E-state index in [1.807, 2.05) is 21.8 Å². The van der Waals surface area contributed by atoms with Gasteiger partial charge in [-0.25, -0.2) is 22.5 Å². The van der Waals surface area contributed by atoms with E-state index < -0.39 is 42.8 Å². The van der Waals surface area contributed by atoms with Crippen LogP contribution in [0.5, 0.6) is 11.5 Å². The molecule has 4 aliphatic rings. The maximum atomic E-state index is 16.3. The van der Waals surface area contributed by atoms with Gasteiger partial charge in [0, 0.05) is 67.0 Å². The summed E-state index contributed by atoms with van der Waals surface area (Å²) in [5, 5.41) is 13.5. The number of aryl methyl sites for hydroxylation is 1. The van der Waals surface area contributed by atoms with Gasteiger partial charge in [0.25, 0.3) is 21.6 Å². The summed E-state index contributed by atoms with van der Waals surface area (Å²) in [7, 11) is -4.69. The van der Waals surface area contributed by atoms with Crippen LogP contribution in [-0.4, -0.2) is 92.8 Å². The number of hydrogen-bond donors (Lipinski definition) is 2. The second-order valence-corrected chi connectivity index (χ2v) is 19.1. The van der Waals surface area contributed by atoms with Crippen molar-refractivity contribution in [1.82, 2.24) is 19.6 Å². The predicted molar refractivity (Wildman–Crippen MR) is 236 cm³/mol. The second-order valence-electron chi connectivity index (χ2n) is 17.0. The Kier molecular flexibility index (Phi) is 12.3. The van der Waals surface area contributed by atoms with Crippen LogP contribution in [0.25, 0.3) is 16.6 Å². The highest BCUT2D eigenvalue weighted by Crippen LogP contribution is 2.55. The quantitative estimate of drug-likeness (QED) is 0.0859. The van der Waals surface area contributed by atoms with Crippen molar-refractivity contribution in [2.45, 2.75) is 62.4 Å². The van der Waals surface area contributed by atoms with Gasteiger partial charge >= 0.3 is 0 Å². The fraction of sp³-hybridized carbons (Fsp3) is 0.391. The number of pyridine rings is 1. The van der Waals surface area contributed by atoms with Crippen molar-refractivity contribution < 1.29 is 36.7 Å². The van der Waals surface area contributed by atoms with Crippen LogP contribution in [0.1, 0.15) is 66.4 Å². The van der Waals surface area contributed by atoms with Gasteiger partial charge in [0.05, 0.1) is 53.2 Å². The zero-order chi connectivity index (χ0) is 43.7. The number of aromatic amines is 1. The molecular weight excluding hydrogens is 851 g/mol. The van der Waals surface area contributed by atoms with Gasteiger partial charge in [0.15, 0.2) is 0 Å². The van der Waals surface area contributed by atoms with Crippen LogP contribution >= 0.6 is 11.6 Å². The highest BCUT2D eigenvalue weighted by atomic mass is 35.5. The van der Waals surface area contributed by atoms with Crippen LogP contribution in [0.4, 0.5) is 15.8 Å². The normalized spacial score (nSPS) is 19.3. The molecule has 2 N–H and O–H groups in total. The zero-order valence-corrected chi connectivity index (χ0v) is 36.2. The third-order valence-corrected chi connectivity index (χ3v) is 14.6. The number of anilines is 1. The number of carbonyl (C=O) groups is 1. The van der Waals surface area contributed by atoms with Crippen molar-refractivity contribution in [2.24, 2.45) is 5.41 Å². The highest BCUT2D eigenvalue weighted by molar-refractivity contribution is 7.90. The van der Waals surface area contributed by atoms with Crippen LogP contribution < -0.4 is 14.4 Å². The summed E-state index contributed by atoms with van der Waals surface area (Å²) >= 11 is 6.26. The molecule has 9 rings (SSSR count). The van der Waals surface area contributed by atoms with Crippen molar-refractivity contribution in [1.29, 1.82) is 0 Å². The molecule has 1 saturated carbocycles. The van der Waals surface area contributed by atoms with Crippen molar-refractivity contribution in [3.8, 4) is 11.5 Å².